The van der Waals surface area contributed by atoms with Crippen molar-refractivity contribution in [2.75, 3.05) is 19.6 Å². The largest absolute Gasteiger partial charge is 0.301 e. The summed E-state index contributed by atoms with van der Waals surface area (Å²) in [7, 11) is 0. The predicted octanol–water partition coefficient (Wildman–Crippen LogP) is 4.48. The van der Waals surface area contributed by atoms with Crippen LogP contribution < -0.4 is 0 Å². The second-order valence-corrected chi connectivity index (χ2v) is 7.02. The van der Waals surface area contributed by atoms with Crippen LogP contribution in [-0.4, -0.2) is 34.3 Å². The van der Waals surface area contributed by atoms with Crippen molar-refractivity contribution in [3.05, 3.63) is 66.4 Å². The van der Waals surface area contributed by atoms with Gasteiger partial charge in [0.1, 0.15) is 0 Å². The summed E-state index contributed by atoms with van der Waals surface area (Å²) in [6, 6.07) is 19.9. The number of rotatable bonds is 4. The van der Waals surface area contributed by atoms with Gasteiger partial charge in [-0.2, -0.15) is 5.10 Å². The molecule has 0 spiro atoms. The molecule has 2 aromatic carbocycles. The third-order valence-electron chi connectivity index (χ3n) is 5.23. The summed E-state index contributed by atoms with van der Waals surface area (Å²) >= 11 is 0. The zero-order valence-electron chi connectivity index (χ0n) is 14.3. The van der Waals surface area contributed by atoms with Gasteiger partial charge in [-0.15, -0.1) is 0 Å². The molecule has 1 fully saturated rings. The lowest BCUT2D eigenvalue weighted by molar-refractivity contribution is 0.166. The summed E-state index contributed by atoms with van der Waals surface area (Å²) in [5.74, 6) is 0.569. The Morgan fingerprint density at radius 2 is 1.88 bits per heavy atom. The van der Waals surface area contributed by atoms with Crippen LogP contribution in [0.15, 0.2) is 60.8 Å². The third-order valence-corrected chi connectivity index (χ3v) is 5.23. The molecule has 1 aliphatic rings. The minimum Gasteiger partial charge on any atom is -0.301 e. The van der Waals surface area contributed by atoms with E-state index in [0.717, 1.165) is 13.1 Å². The molecular formula is C21H25N3. The molecule has 3 nitrogen and oxygen atoms in total. The van der Waals surface area contributed by atoms with Gasteiger partial charge < -0.3 is 4.90 Å². The molecule has 0 saturated carbocycles. The van der Waals surface area contributed by atoms with E-state index in [-0.39, 0.29) is 0 Å². The Balaban J connectivity index is 1.48. The molecule has 1 aliphatic heterocycles. The highest BCUT2D eigenvalue weighted by Gasteiger charge is 2.24. The molecule has 0 aliphatic carbocycles. The Morgan fingerprint density at radius 1 is 1.08 bits per heavy atom. The molecule has 1 saturated heterocycles. The molecule has 0 amide bonds. The number of likely N-dealkylation sites (tertiary alicyclic amines) is 1. The summed E-state index contributed by atoms with van der Waals surface area (Å²) in [6.45, 7) is 5.76. The average molecular weight is 319 g/mol. The van der Waals surface area contributed by atoms with Crippen molar-refractivity contribution in [2.45, 2.75) is 31.7 Å². The second kappa shape index (κ2) is 6.78. The molecule has 3 heteroatoms. The van der Waals surface area contributed by atoms with Crippen molar-refractivity contribution in [3.8, 4) is 0 Å². The minimum atomic E-state index is 0.488. The maximum absolute atomic E-state index is 4.68. The van der Waals surface area contributed by atoms with Crippen molar-refractivity contribution in [1.29, 1.82) is 0 Å². The Bertz CT molecular complexity index is 793. The summed E-state index contributed by atoms with van der Waals surface area (Å²) in [5.41, 5.74) is 2.70. The van der Waals surface area contributed by atoms with E-state index in [4.69, 9.17) is 0 Å². The van der Waals surface area contributed by atoms with Crippen LogP contribution in [0.25, 0.3) is 10.9 Å². The standard InChI is InChI=1S/C21H25N3/c1-17(18-8-3-2-4-9-18)15-23-13-7-11-20(16-23)24-21-12-6-5-10-19(21)14-22-24/h2-6,8-10,12,14,17,20H,7,11,13,15-16H2,1H3/t17?,20-/m1/s1. The summed E-state index contributed by atoms with van der Waals surface area (Å²) in [4.78, 5) is 2.61. The topological polar surface area (TPSA) is 21.1 Å². The number of aromatic nitrogens is 2. The molecule has 0 radical (unpaired) electrons. The van der Waals surface area contributed by atoms with Crippen molar-refractivity contribution in [2.24, 2.45) is 0 Å². The first-order valence-electron chi connectivity index (χ1n) is 9.01. The van der Waals surface area contributed by atoms with Crippen LogP contribution in [0, 0.1) is 0 Å². The Labute approximate surface area is 143 Å². The summed E-state index contributed by atoms with van der Waals surface area (Å²) in [5, 5.41) is 5.92. The van der Waals surface area contributed by atoms with Gasteiger partial charge in [-0.1, -0.05) is 55.5 Å². The lowest BCUT2D eigenvalue weighted by Gasteiger charge is -2.34. The fourth-order valence-electron chi connectivity index (χ4n) is 3.95. The molecule has 2 atom stereocenters. The van der Waals surface area contributed by atoms with Crippen molar-refractivity contribution < 1.29 is 0 Å². The number of benzene rings is 2. The third kappa shape index (κ3) is 3.09. The van der Waals surface area contributed by atoms with Gasteiger partial charge in [-0.25, -0.2) is 0 Å². The van der Waals surface area contributed by atoms with E-state index in [1.54, 1.807) is 0 Å². The lowest BCUT2D eigenvalue weighted by Crippen LogP contribution is -2.38. The molecule has 0 N–H and O–H groups in total. The van der Waals surface area contributed by atoms with Crippen LogP contribution in [-0.2, 0) is 0 Å². The molecule has 1 aromatic heterocycles. The van der Waals surface area contributed by atoms with Gasteiger partial charge in [0.15, 0.2) is 0 Å². The molecule has 2 heterocycles. The normalized spacial score (nSPS) is 20.3. The molecule has 24 heavy (non-hydrogen) atoms. The number of piperidine rings is 1. The highest BCUT2D eigenvalue weighted by Crippen LogP contribution is 2.27. The molecule has 0 bridgehead atoms. The fourth-order valence-corrected chi connectivity index (χ4v) is 3.95. The Morgan fingerprint density at radius 3 is 2.75 bits per heavy atom. The maximum atomic E-state index is 4.68. The first-order valence-corrected chi connectivity index (χ1v) is 9.01. The van der Waals surface area contributed by atoms with Crippen molar-refractivity contribution in [3.63, 3.8) is 0 Å². The quantitative estimate of drug-likeness (QED) is 0.707. The van der Waals surface area contributed by atoms with Crippen molar-refractivity contribution >= 4 is 10.9 Å². The van der Waals surface area contributed by atoms with Crippen LogP contribution in [0.4, 0.5) is 0 Å². The zero-order chi connectivity index (χ0) is 16.4. The van der Waals surface area contributed by atoms with Gasteiger partial charge in [0.05, 0.1) is 17.8 Å². The van der Waals surface area contributed by atoms with Gasteiger partial charge in [0, 0.05) is 18.5 Å². The Hall–Kier alpha value is -2.13. The first-order chi connectivity index (χ1) is 11.8. The number of fused-ring (bicyclic) bond motifs is 1. The monoisotopic (exact) mass is 319 g/mol. The lowest BCUT2D eigenvalue weighted by atomic mass is 9.98. The SMILES string of the molecule is CC(CN1CCC[C@@H](n2ncc3ccccc32)C1)c1ccccc1. The van der Waals surface area contributed by atoms with E-state index >= 15 is 0 Å². The first kappa shape index (κ1) is 15.4. The van der Waals surface area contributed by atoms with Crippen LogP contribution in [0.1, 0.15) is 37.3 Å². The highest BCUT2D eigenvalue weighted by molar-refractivity contribution is 5.78. The van der Waals surface area contributed by atoms with Gasteiger partial charge in [-0.05, 0) is 36.9 Å². The predicted molar refractivity (Wildman–Crippen MR) is 99.3 cm³/mol. The van der Waals surface area contributed by atoms with Crippen LogP contribution in [0.5, 0.6) is 0 Å². The number of hydrogen-bond donors (Lipinski definition) is 0. The smallest absolute Gasteiger partial charge is 0.0686 e. The van der Waals surface area contributed by atoms with E-state index in [0.29, 0.717) is 12.0 Å². The molecule has 4 rings (SSSR count). The summed E-state index contributed by atoms with van der Waals surface area (Å²) < 4.78 is 2.24. The van der Waals surface area contributed by atoms with E-state index in [9.17, 15) is 0 Å². The van der Waals surface area contributed by atoms with E-state index in [2.05, 4.69) is 76.2 Å². The molecule has 3 aromatic rings. The average Bonchev–Trinajstić information content (AvgIpc) is 3.07. The molecule has 1 unspecified atom stereocenters. The highest BCUT2D eigenvalue weighted by atomic mass is 15.3. The Kier molecular flexibility index (Phi) is 4.35. The van der Waals surface area contributed by atoms with Crippen LogP contribution >= 0.6 is 0 Å². The zero-order valence-corrected chi connectivity index (χ0v) is 14.3. The second-order valence-electron chi connectivity index (χ2n) is 7.02. The van der Waals surface area contributed by atoms with E-state index in [1.807, 2.05) is 6.20 Å². The minimum absolute atomic E-state index is 0.488. The maximum Gasteiger partial charge on any atom is 0.0686 e. The van der Waals surface area contributed by atoms with E-state index < -0.39 is 0 Å². The number of nitrogens with zero attached hydrogens (tertiary/aromatic N) is 3. The van der Waals surface area contributed by atoms with Gasteiger partial charge >= 0.3 is 0 Å². The van der Waals surface area contributed by atoms with Gasteiger partial charge in [0.25, 0.3) is 0 Å². The molecular weight excluding hydrogens is 294 g/mol. The fraction of sp³-hybridized carbons (Fsp3) is 0.381. The van der Waals surface area contributed by atoms with Gasteiger partial charge in [0.2, 0.25) is 0 Å². The van der Waals surface area contributed by atoms with Crippen LogP contribution in [0.2, 0.25) is 0 Å². The van der Waals surface area contributed by atoms with E-state index in [1.165, 1.54) is 35.9 Å². The van der Waals surface area contributed by atoms with Crippen molar-refractivity contribution in [1.82, 2.24) is 14.7 Å². The van der Waals surface area contributed by atoms with Crippen LogP contribution in [0.3, 0.4) is 0 Å². The number of para-hydroxylation sites is 1. The number of hydrogen-bond acceptors (Lipinski definition) is 2. The molecule has 124 valence electrons. The van der Waals surface area contributed by atoms with Gasteiger partial charge in [-0.3, -0.25) is 4.68 Å². The summed E-state index contributed by atoms with van der Waals surface area (Å²) in [6.07, 6.45) is 4.48.